The predicted molar refractivity (Wildman–Crippen MR) is 122 cm³/mol. The molecule has 6 nitrogen and oxygen atoms in total. The van der Waals surface area contributed by atoms with Gasteiger partial charge in [0.05, 0.1) is 13.2 Å². The minimum Gasteiger partial charge on any atom is -0.444 e. The summed E-state index contributed by atoms with van der Waals surface area (Å²) >= 11 is 0. The number of hydrogen-bond acceptors (Lipinski definition) is 5. The maximum atomic E-state index is 12.3. The van der Waals surface area contributed by atoms with Gasteiger partial charge in [0.15, 0.2) is 0 Å². The molecule has 1 aliphatic heterocycles. The highest BCUT2D eigenvalue weighted by Crippen LogP contribution is 2.30. The lowest BCUT2D eigenvalue weighted by Crippen LogP contribution is -2.37. The minimum absolute atomic E-state index is 0.438. The van der Waals surface area contributed by atoms with Crippen molar-refractivity contribution in [3.05, 3.63) is 53.1 Å². The minimum atomic E-state index is -0.540. The van der Waals surface area contributed by atoms with Gasteiger partial charge in [0.2, 0.25) is 0 Å². The Kier molecular flexibility index (Phi) is 6.87. The number of hydrogen-bond donors (Lipinski definition) is 2. The molecule has 1 amide bonds. The van der Waals surface area contributed by atoms with Gasteiger partial charge in [-0.2, -0.15) is 0 Å². The zero-order valence-corrected chi connectivity index (χ0v) is 18.5. The summed E-state index contributed by atoms with van der Waals surface area (Å²) in [6.45, 7) is 10.8. The number of rotatable bonds is 5. The van der Waals surface area contributed by atoms with Crippen molar-refractivity contribution in [3.8, 4) is 0 Å². The van der Waals surface area contributed by atoms with Crippen molar-refractivity contribution in [2.45, 2.75) is 46.1 Å². The van der Waals surface area contributed by atoms with E-state index in [-0.39, 0.29) is 0 Å². The Morgan fingerprint density at radius 2 is 1.90 bits per heavy atom. The van der Waals surface area contributed by atoms with Gasteiger partial charge in [0.1, 0.15) is 5.60 Å². The number of aryl methyl sites for hydroxylation is 3. The largest absolute Gasteiger partial charge is 0.444 e. The summed E-state index contributed by atoms with van der Waals surface area (Å²) in [6.07, 6.45) is 1.28. The maximum absolute atomic E-state index is 12.3. The molecule has 0 saturated carbocycles. The number of carbonyl (C=O) groups excluding carboxylic acids is 1. The number of nitrogen functional groups attached to an aromatic ring is 1. The van der Waals surface area contributed by atoms with Gasteiger partial charge >= 0.3 is 6.09 Å². The first-order valence-electron chi connectivity index (χ1n) is 10.5. The van der Waals surface area contributed by atoms with Crippen LogP contribution in [0.4, 0.5) is 21.9 Å². The van der Waals surface area contributed by atoms with Crippen molar-refractivity contribution in [2.75, 3.05) is 42.3 Å². The van der Waals surface area contributed by atoms with Crippen LogP contribution in [0.3, 0.4) is 0 Å². The molecule has 0 bridgehead atoms. The number of ether oxygens (including phenoxy) is 2. The summed E-state index contributed by atoms with van der Waals surface area (Å²) in [5.74, 6) is 0. The second-order valence-electron chi connectivity index (χ2n) is 8.77. The van der Waals surface area contributed by atoms with E-state index in [2.05, 4.69) is 28.4 Å². The molecule has 2 aromatic rings. The molecule has 3 N–H and O–H groups in total. The van der Waals surface area contributed by atoms with Gasteiger partial charge in [0.25, 0.3) is 0 Å². The van der Waals surface area contributed by atoms with Gasteiger partial charge in [-0.1, -0.05) is 12.1 Å². The quantitative estimate of drug-likeness (QED) is 0.706. The third-order valence-electron chi connectivity index (χ3n) is 5.05. The SMILES string of the molecule is Cc1cc(N2CCOCC2)c(CCc2cccc(N)c2)cc1NC(=O)OC(C)(C)C. The third-order valence-corrected chi connectivity index (χ3v) is 5.05. The molecule has 2 aromatic carbocycles. The fraction of sp³-hybridized carbons (Fsp3) is 0.458. The average Bonchev–Trinajstić information content (AvgIpc) is 2.67. The fourth-order valence-electron chi connectivity index (χ4n) is 3.61. The van der Waals surface area contributed by atoms with Crippen LogP contribution in [0.15, 0.2) is 36.4 Å². The van der Waals surface area contributed by atoms with Crippen LogP contribution in [0, 0.1) is 6.92 Å². The summed E-state index contributed by atoms with van der Waals surface area (Å²) in [5, 5.41) is 2.92. The first kappa shape index (κ1) is 22.0. The molecular formula is C24H33N3O3. The van der Waals surface area contributed by atoms with Gasteiger partial charge in [-0.15, -0.1) is 0 Å². The normalized spacial score (nSPS) is 14.5. The number of anilines is 3. The van der Waals surface area contributed by atoms with E-state index in [9.17, 15) is 4.79 Å². The zero-order chi connectivity index (χ0) is 21.7. The van der Waals surface area contributed by atoms with E-state index in [1.807, 2.05) is 45.9 Å². The number of nitrogens with zero attached hydrogens (tertiary/aromatic N) is 1. The van der Waals surface area contributed by atoms with E-state index in [1.54, 1.807) is 0 Å². The Balaban J connectivity index is 1.86. The second-order valence-corrected chi connectivity index (χ2v) is 8.77. The number of nitrogens with two attached hydrogens (primary N) is 1. The van der Waals surface area contributed by atoms with Gasteiger partial charge in [-0.3, -0.25) is 5.32 Å². The molecule has 1 aliphatic rings. The molecule has 1 saturated heterocycles. The van der Waals surface area contributed by atoms with E-state index in [0.29, 0.717) is 0 Å². The smallest absolute Gasteiger partial charge is 0.412 e. The Morgan fingerprint density at radius 1 is 1.17 bits per heavy atom. The van der Waals surface area contributed by atoms with Crippen molar-refractivity contribution in [2.24, 2.45) is 0 Å². The molecule has 0 aliphatic carbocycles. The number of nitrogens with one attached hydrogen (secondary N) is 1. The number of benzene rings is 2. The topological polar surface area (TPSA) is 76.8 Å². The monoisotopic (exact) mass is 411 g/mol. The summed E-state index contributed by atoms with van der Waals surface area (Å²) in [4.78, 5) is 14.7. The Bertz CT molecular complexity index is 884. The van der Waals surface area contributed by atoms with E-state index in [1.165, 1.54) is 16.8 Å². The van der Waals surface area contributed by atoms with Gasteiger partial charge < -0.3 is 20.1 Å². The lowest BCUT2D eigenvalue weighted by atomic mass is 9.99. The molecule has 1 fully saturated rings. The molecule has 162 valence electrons. The van der Waals surface area contributed by atoms with E-state index >= 15 is 0 Å². The van der Waals surface area contributed by atoms with Crippen LogP contribution < -0.4 is 16.0 Å². The van der Waals surface area contributed by atoms with Crippen LogP contribution in [-0.2, 0) is 22.3 Å². The number of morpholine rings is 1. The van der Waals surface area contributed by atoms with Crippen molar-refractivity contribution >= 4 is 23.2 Å². The Labute approximate surface area is 179 Å². The fourth-order valence-corrected chi connectivity index (χ4v) is 3.61. The van der Waals surface area contributed by atoms with Crippen molar-refractivity contribution in [1.29, 1.82) is 0 Å². The van der Waals surface area contributed by atoms with E-state index < -0.39 is 11.7 Å². The molecule has 3 rings (SSSR count). The summed E-state index contributed by atoms with van der Waals surface area (Å²) in [5.41, 5.74) is 11.6. The third kappa shape index (κ3) is 6.13. The molecular weight excluding hydrogens is 378 g/mol. The maximum Gasteiger partial charge on any atom is 0.412 e. The highest BCUT2D eigenvalue weighted by molar-refractivity contribution is 5.87. The van der Waals surface area contributed by atoms with Crippen LogP contribution in [0.25, 0.3) is 0 Å². The van der Waals surface area contributed by atoms with Crippen molar-refractivity contribution < 1.29 is 14.3 Å². The van der Waals surface area contributed by atoms with Gasteiger partial charge in [-0.05, 0) is 81.5 Å². The van der Waals surface area contributed by atoms with Crippen LogP contribution in [0.2, 0.25) is 0 Å². The summed E-state index contributed by atoms with van der Waals surface area (Å²) in [6, 6.07) is 12.2. The van der Waals surface area contributed by atoms with Crippen LogP contribution >= 0.6 is 0 Å². The highest BCUT2D eigenvalue weighted by atomic mass is 16.6. The molecule has 6 heteroatoms. The molecule has 0 radical (unpaired) electrons. The lowest BCUT2D eigenvalue weighted by molar-refractivity contribution is 0.0636. The van der Waals surface area contributed by atoms with Gasteiger partial charge in [-0.25, -0.2) is 4.79 Å². The first-order valence-corrected chi connectivity index (χ1v) is 10.5. The molecule has 0 atom stereocenters. The van der Waals surface area contributed by atoms with Crippen LogP contribution in [-0.4, -0.2) is 38.0 Å². The zero-order valence-electron chi connectivity index (χ0n) is 18.5. The summed E-state index contributed by atoms with van der Waals surface area (Å²) < 4.78 is 11.0. The predicted octanol–water partition coefficient (Wildman–Crippen LogP) is 4.55. The van der Waals surface area contributed by atoms with Crippen molar-refractivity contribution in [3.63, 3.8) is 0 Å². The second kappa shape index (κ2) is 9.39. The van der Waals surface area contributed by atoms with Crippen LogP contribution in [0.5, 0.6) is 0 Å². The molecule has 0 aromatic heterocycles. The first-order chi connectivity index (χ1) is 14.2. The van der Waals surface area contributed by atoms with Gasteiger partial charge in [0, 0.05) is 30.2 Å². The summed E-state index contributed by atoms with van der Waals surface area (Å²) in [7, 11) is 0. The van der Waals surface area contributed by atoms with E-state index in [0.717, 1.165) is 56.1 Å². The number of carbonyl (C=O) groups is 1. The standard InChI is InChI=1S/C24H33N3O3/c1-17-14-22(27-10-12-29-13-11-27)19(9-8-18-6-5-7-20(25)15-18)16-21(17)26-23(28)30-24(2,3)4/h5-7,14-16H,8-13,25H2,1-4H3,(H,26,28). The lowest BCUT2D eigenvalue weighted by Gasteiger charge is -2.31. The molecule has 30 heavy (non-hydrogen) atoms. The van der Waals surface area contributed by atoms with Crippen LogP contribution in [0.1, 0.15) is 37.5 Å². The molecule has 0 unspecified atom stereocenters. The average molecular weight is 412 g/mol. The molecule has 1 heterocycles. The van der Waals surface area contributed by atoms with Crippen molar-refractivity contribution in [1.82, 2.24) is 0 Å². The highest BCUT2D eigenvalue weighted by Gasteiger charge is 2.20. The Hall–Kier alpha value is -2.73. The molecule has 0 spiro atoms. The Morgan fingerprint density at radius 3 is 2.57 bits per heavy atom. The van der Waals surface area contributed by atoms with E-state index in [4.69, 9.17) is 15.2 Å². The number of amides is 1.